The molecule has 0 atom stereocenters. The van der Waals surface area contributed by atoms with Gasteiger partial charge in [0.15, 0.2) is 0 Å². The van der Waals surface area contributed by atoms with Gasteiger partial charge in [-0.2, -0.15) is 0 Å². The van der Waals surface area contributed by atoms with Crippen molar-refractivity contribution in [3.8, 4) is 0 Å². The first kappa shape index (κ1) is 24.8. The van der Waals surface area contributed by atoms with Crippen molar-refractivity contribution in [1.82, 2.24) is 5.32 Å². The van der Waals surface area contributed by atoms with Crippen molar-refractivity contribution in [2.24, 2.45) is 5.73 Å². The highest BCUT2D eigenvalue weighted by Crippen LogP contribution is 2.25. The number of halogens is 1. The summed E-state index contributed by atoms with van der Waals surface area (Å²) < 4.78 is 24.3. The second-order valence-corrected chi connectivity index (χ2v) is 7.76. The topological polar surface area (TPSA) is 115 Å². The lowest BCUT2D eigenvalue weighted by molar-refractivity contribution is 0.0996. The van der Waals surface area contributed by atoms with Crippen molar-refractivity contribution in [2.45, 2.75) is 33.7 Å². The first-order chi connectivity index (χ1) is 16.2. The van der Waals surface area contributed by atoms with Crippen molar-refractivity contribution >= 4 is 28.7 Å². The van der Waals surface area contributed by atoms with Gasteiger partial charge in [0.05, 0.1) is 12.2 Å². The summed E-state index contributed by atoms with van der Waals surface area (Å²) in [5.74, 6) is -1.62. The molecule has 0 saturated heterocycles. The van der Waals surface area contributed by atoms with Crippen LogP contribution in [0.2, 0.25) is 0 Å². The lowest BCUT2D eigenvalue weighted by atomic mass is 10.0. The summed E-state index contributed by atoms with van der Waals surface area (Å²) in [6.45, 7) is 7.64. The maximum atomic E-state index is 13.5. The van der Waals surface area contributed by atoms with E-state index in [4.69, 9.17) is 14.9 Å². The van der Waals surface area contributed by atoms with Crippen LogP contribution < -0.4 is 21.6 Å². The van der Waals surface area contributed by atoms with Gasteiger partial charge < -0.3 is 25.1 Å². The number of hydrogen-bond acceptors (Lipinski definition) is 6. The molecule has 0 spiro atoms. The Morgan fingerprint density at radius 2 is 1.88 bits per heavy atom. The van der Waals surface area contributed by atoms with Crippen LogP contribution in [0.25, 0.3) is 11.0 Å². The van der Waals surface area contributed by atoms with E-state index in [-0.39, 0.29) is 25.1 Å². The van der Waals surface area contributed by atoms with Crippen LogP contribution >= 0.6 is 0 Å². The number of carbonyl (C=O) groups is 2. The van der Waals surface area contributed by atoms with Crippen LogP contribution in [0.1, 0.15) is 40.9 Å². The second-order valence-electron chi connectivity index (χ2n) is 7.76. The molecule has 2 amide bonds. The monoisotopic (exact) mass is 469 g/mol. The Hall–Kier alpha value is -3.88. The number of aryl methyl sites for hydroxylation is 1. The molecule has 0 aliphatic carbocycles. The molecule has 9 heteroatoms. The molecule has 34 heavy (non-hydrogen) atoms. The number of rotatable bonds is 9. The molecule has 0 radical (unpaired) electrons. The molecular weight excluding hydrogens is 441 g/mol. The van der Waals surface area contributed by atoms with Crippen LogP contribution in [0.5, 0.6) is 0 Å². The van der Waals surface area contributed by atoms with Crippen molar-refractivity contribution in [1.29, 1.82) is 0 Å². The highest BCUT2D eigenvalue weighted by atomic mass is 19.1. The van der Waals surface area contributed by atoms with E-state index in [1.165, 1.54) is 12.1 Å². The Bertz CT molecular complexity index is 1270. The summed E-state index contributed by atoms with van der Waals surface area (Å²) >= 11 is 0. The van der Waals surface area contributed by atoms with Gasteiger partial charge in [0.25, 0.3) is 5.91 Å². The van der Waals surface area contributed by atoms with Gasteiger partial charge in [-0.05, 0) is 56.2 Å². The minimum Gasteiger partial charge on any atom is -0.449 e. The molecule has 0 unspecified atom stereocenters. The molecule has 0 bridgehead atoms. The van der Waals surface area contributed by atoms with Crippen molar-refractivity contribution in [3.05, 3.63) is 74.9 Å². The molecule has 1 heterocycles. The zero-order valence-corrected chi connectivity index (χ0v) is 19.4. The Kier molecular flexibility index (Phi) is 7.88. The van der Waals surface area contributed by atoms with Crippen LogP contribution in [0.4, 0.5) is 14.9 Å². The fraction of sp³-hybridized carbons (Fsp3) is 0.320. The molecule has 0 fully saturated rings. The van der Waals surface area contributed by atoms with E-state index in [9.17, 15) is 18.8 Å². The molecule has 1 aromatic heterocycles. The number of primary amides is 1. The zero-order chi connectivity index (χ0) is 24.8. The SMILES string of the molecule is CCN(CC)c1ccc2c(C)c(CCOC(=O)NCc3ccc(F)c(C(N)=O)c3)c(=O)oc2c1. The van der Waals surface area contributed by atoms with Gasteiger partial charge in [-0.25, -0.2) is 14.0 Å². The van der Waals surface area contributed by atoms with Crippen LogP contribution in [-0.2, 0) is 17.7 Å². The zero-order valence-electron chi connectivity index (χ0n) is 19.4. The minimum atomic E-state index is -0.893. The largest absolute Gasteiger partial charge is 0.449 e. The van der Waals surface area contributed by atoms with Gasteiger partial charge in [-0.1, -0.05) is 6.07 Å². The van der Waals surface area contributed by atoms with Gasteiger partial charge in [-0.3, -0.25) is 4.79 Å². The number of carbonyl (C=O) groups excluding carboxylic acids is 2. The summed E-state index contributed by atoms with van der Waals surface area (Å²) in [6, 6.07) is 9.60. The summed E-state index contributed by atoms with van der Waals surface area (Å²) in [4.78, 5) is 38.0. The molecule has 0 aliphatic heterocycles. The van der Waals surface area contributed by atoms with E-state index >= 15 is 0 Å². The Morgan fingerprint density at radius 3 is 2.56 bits per heavy atom. The normalized spacial score (nSPS) is 10.8. The van der Waals surface area contributed by atoms with Gasteiger partial charge >= 0.3 is 11.7 Å². The van der Waals surface area contributed by atoms with E-state index in [1.807, 2.05) is 25.1 Å². The Balaban J connectivity index is 1.62. The molecule has 3 N–H and O–H groups in total. The van der Waals surface area contributed by atoms with E-state index in [0.29, 0.717) is 16.7 Å². The van der Waals surface area contributed by atoms with Crippen LogP contribution in [0.3, 0.4) is 0 Å². The molecule has 3 aromatic rings. The fourth-order valence-corrected chi connectivity index (χ4v) is 3.80. The lowest BCUT2D eigenvalue weighted by Gasteiger charge is -2.21. The number of nitrogens with one attached hydrogen (secondary N) is 1. The third-order valence-corrected chi connectivity index (χ3v) is 5.72. The number of alkyl carbamates (subject to hydrolysis) is 1. The molecule has 3 rings (SSSR count). The molecule has 8 nitrogen and oxygen atoms in total. The summed E-state index contributed by atoms with van der Waals surface area (Å²) in [5, 5.41) is 3.35. The summed E-state index contributed by atoms with van der Waals surface area (Å²) in [7, 11) is 0. The number of nitrogens with zero attached hydrogens (tertiary/aromatic N) is 1. The fourth-order valence-electron chi connectivity index (χ4n) is 3.80. The molecular formula is C25H28FN3O5. The van der Waals surface area contributed by atoms with Crippen LogP contribution in [-0.4, -0.2) is 31.7 Å². The first-order valence-corrected chi connectivity index (χ1v) is 11.0. The Morgan fingerprint density at radius 1 is 1.15 bits per heavy atom. The number of hydrogen-bond donors (Lipinski definition) is 2. The summed E-state index contributed by atoms with van der Waals surface area (Å²) in [6.07, 6.45) is -0.519. The van der Waals surface area contributed by atoms with Crippen molar-refractivity contribution in [2.75, 3.05) is 24.6 Å². The van der Waals surface area contributed by atoms with E-state index < -0.39 is 23.4 Å². The highest BCUT2D eigenvalue weighted by Gasteiger charge is 2.14. The van der Waals surface area contributed by atoms with Crippen molar-refractivity contribution in [3.63, 3.8) is 0 Å². The van der Waals surface area contributed by atoms with E-state index in [1.54, 1.807) is 0 Å². The predicted octanol–water partition coefficient (Wildman–Crippen LogP) is 3.65. The van der Waals surface area contributed by atoms with Crippen molar-refractivity contribution < 1.29 is 23.1 Å². The number of ether oxygens (including phenoxy) is 1. The highest BCUT2D eigenvalue weighted by molar-refractivity contribution is 5.93. The van der Waals surface area contributed by atoms with E-state index in [0.717, 1.165) is 35.8 Å². The van der Waals surface area contributed by atoms with E-state index in [2.05, 4.69) is 24.1 Å². The standard InChI is InChI=1S/C25H28FN3O5/c1-4-29(5-2)17-7-8-18-15(3)19(24(31)34-22(18)13-17)10-11-33-25(32)28-14-16-6-9-21(26)20(12-16)23(27)30/h6-9,12-13H,4-5,10-11,14H2,1-3H3,(H2,27,30)(H,28,32). The van der Waals surface area contributed by atoms with Crippen LogP contribution in [0.15, 0.2) is 45.6 Å². The number of fused-ring (bicyclic) bond motifs is 1. The third kappa shape index (κ3) is 5.54. The van der Waals surface area contributed by atoms with Gasteiger partial charge in [0.1, 0.15) is 11.4 Å². The quantitative estimate of drug-likeness (QED) is 0.462. The average Bonchev–Trinajstić information content (AvgIpc) is 2.81. The third-order valence-electron chi connectivity index (χ3n) is 5.72. The van der Waals surface area contributed by atoms with Gasteiger partial charge in [0.2, 0.25) is 0 Å². The average molecular weight is 470 g/mol. The molecule has 180 valence electrons. The number of benzene rings is 2. The van der Waals surface area contributed by atoms with Gasteiger partial charge in [-0.15, -0.1) is 0 Å². The van der Waals surface area contributed by atoms with Gasteiger partial charge in [0, 0.05) is 48.8 Å². The summed E-state index contributed by atoms with van der Waals surface area (Å²) in [5.41, 5.74) is 7.63. The molecule has 2 aromatic carbocycles. The molecule has 0 saturated carbocycles. The number of anilines is 1. The lowest BCUT2D eigenvalue weighted by Crippen LogP contribution is -2.25. The predicted molar refractivity (Wildman–Crippen MR) is 128 cm³/mol. The smallest absolute Gasteiger partial charge is 0.407 e. The first-order valence-electron chi connectivity index (χ1n) is 11.0. The maximum absolute atomic E-state index is 13.5. The Labute approximate surface area is 196 Å². The second kappa shape index (κ2) is 10.8. The maximum Gasteiger partial charge on any atom is 0.407 e. The number of nitrogens with two attached hydrogens (primary N) is 1. The number of amides is 2. The minimum absolute atomic E-state index is 0.0193. The molecule has 0 aliphatic rings. The van der Waals surface area contributed by atoms with Crippen LogP contribution in [0, 0.1) is 12.7 Å².